The highest BCUT2D eigenvalue weighted by Crippen LogP contribution is 2.17. The number of anilines is 1. The maximum Gasteiger partial charge on any atom is 0.104 e. The number of aliphatic hydroxyl groups excluding tert-OH is 1. The lowest BCUT2D eigenvalue weighted by Gasteiger charge is -2.04. The van der Waals surface area contributed by atoms with Gasteiger partial charge in [-0.2, -0.15) is 0 Å². The van der Waals surface area contributed by atoms with E-state index in [9.17, 15) is 0 Å². The van der Waals surface area contributed by atoms with Gasteiger partial charge in [0.2, 0.25) is 0 Å². The molecule has 3 N–H and O–H groups in total. The van der Waals surface area contributed by atoms with Crippen LogP contribution < -0.4 is 5.73 Å². The number of nitrogens with two attached hydrogens (primary N) is 1. The molecule has 0 unspecified atom stereocenters. The molecule has 1 aromatic rings. The Labute approximate surface area is 78.4 Å². The average molecular weight is 175 g/mol. The van der Waals surface area contributed by atoms with Crippen molar-refractivity contribution in [1.29, 1.82) is 0 Å². The van der Waals surface area contributed by atoms with Gasteiger partial charge in [-0.1, -0.05) is 11.8 Å². The Morgan fingerprint density at radius 2 is 1.85 bits per heavy atom. The molecule has 1 rings (SSSR count). The van der Waals surface area contributed by atoms with Gasteiger partial charge >= 0.3 is 0 Å². The molecule has 0 aromatic heterocycles. The molecule has 0 aliphatic carbocycles. The molecule has 0 bridgehead atoms. The molecule has 68 valence electrons. The first kappa shape index (κ1) is 9.63. The first-order chi connectivity index (χ1) is 6.15. The minimum atomic E-state index is -0.109. The van der Waals surface area contributed by atoms with E-state index in [-0.39, 0.29) is 6.61 Å². The van der Waals surface area contributed by atoms with Crippen LogP contribution in [0.5, 0.6) is 0 Å². The third-order valence-electron chi connectivity index (χ3n) is 1.91. The number of rotatable bonds is 0. The molecule has 0 atom stereocenters. The van der Waals surface area contributed by atoms with E-state index in [4.69, 9.17) is 10.8 Å². The summed E-state index contributed by atoms with van der Waals surface area (Å²) in [6.45, 7) is 3.79. The van der Waals surface area contributed by atoms with E-state index in [1.54, 1.807) is 0 Å². The standard InChI is InChI=1S/C11H13NO/c1-8-6-10(4-3-5-13)7-9(2)11(8)12/h6-7,13H,5,12H2,1-2H3. The fourth-order valence-corrected chi connectivity index (χ4v) is 1.19. The van der Waals surface area contributed by atoms with Crippen LogP contribution in [-0.4, -0.2) is 11.7 Å². The zero-order valence-corrected chi connectivity index (χ0v) is 7.89. The fourth-order valence-electron chi connectivity index (χ4n) is 1.19. The molecule has 0 aliphatic rings. The molecule has 0 radical (unpaired) electrons. The van der Waals surface area contributed by atoms with E-state index in [1.165, 1.54) is 0 Å². The molecule has 0 fully saturated rings. The Kier molecular flexibility index (Phi) is 2.94. The summed E-state index contributed by atoms with van der Waals surface area (Å²) in [6, 6.07) is 3.84. The van der Waals surface area contributed by atoms with E-state index >= 15 is 0 Å². The summed E-state index contributed by atoms with van der Waals surface area (Å²) in [5.74, 6) is 5.45. The van der Waals surface area contributed by atoms with Crippen LogP contribution in [0.4, 0.5) is 5.69 Å². The normalized spacial score (nSPS) is 9.15. The van der Waals surface area contributed by atoms with Gasteiger partial charge in [0.1, 0.15) is 6.61 Å². The van der Waals surface area contributed by atoms with E-state index < -0.39 is 0 Å². The summed E-state index contributed by atoms with van der Waals surface area (Å²) < 4.78 is 0. The zero-order chi connectivity index (χ0) is 9.84. The maximum atomic E-state index is 8.52. The Hall–Kier alpha value is -1.46. The van der Waals surface area contributed by atoms with Crippen molar-refractivity contribution in [1.82, 2.24) is 0 Å². The monoisotopic (exact) mass is 175 g/mol. The molecule has 0 saturated carbocycles. The number of aryl methyl sites for hydroxylation is 2. The third-order valence-corrected chi connectivity index (χ3v) is 1.91. The first-order valence-electron chi connectivity index (χ1n) is 4.11. The Balaban J connectivity index is 3.13. The topological polar surface area (TPSA) is 46.2 Å². The molecule has 0 amide bonds. The van der Waals surface area contributed by atoms with E-state index in [0.717, 1.165) is 22.4 Å². The molecule has 0 saturated heterocycles. The summed E-state index contributed by atoms with van der Waals surface area (Å²) in [5.41, 5.74) is 9.56. The van der Waals surface area contributed by atoms with E-state index in [1.807, 2.05) is 26.0 Å². The highest BCUT2D eigenvalue weighted by molar-refractivity contribution is 5.57. The summed E-state index contributed by atoms with van der Waals surface area (Å²) in [6.07, 6.45) is 0. The lowest BCUT2D eigenvalue weighted by Crippen LogP contribution is -1.94. The summed E-state index contributed by atoms with van der Waals surface area (Å²) in [7, 11) is 0. The highest BCUT2D eigenvalue weighted by atomic mass is 16.2. The quantitative estimate of drug-likeness (QED) is 0.460. The van der Waals surface area contributed by atoms with E-state index in [2.05, 4.69) is 11.8 Å². The molecular formula is C11H13NO. The summed E-state index contributed by atoms with van der Waals surface area (Å²) in [5, 5.41) is 8.52. The van der Waals surface area contributed by atoms with Crippen LogP contribution in [0.3, 0.4) is 0 Å². The molecule has 1 aromatic carbocycles. The van der Waals surface area contributed by atoms with Gasteiger partial charge in [0, 0.05) is 11.3 Å². The molecule has 2 nitrogen and oxygen atoms in total. The van der Waals surface area contributed by atoms with Crippen LogP contribution in [0.15, 0.2) is 12.1 Å². The molecule has 0 heterocycles. The van der Waals surface area contributed by atoms with Crippen molar-refractivity contribution in [3.8, 4) is 11.8 Å². The number of aliphatic hydroxyl groups is 1. The van der Waals surface area contributed by atoms with E-state index in [0.29, 0.717) is 0 Å². The number of hydrogen-bond donors (Lipinski definition) is 2. The summed E-state index contributed by atoms with van der Waals surface area (Å²) in [4.78, 5) is 0. The van der Waals surface area contributed by atoms with Gasteiger partial charge in [0.25, 0.3) is 0 Å². The van der Waals surface area contributed by atoms with Crippen LogP contribution in [0.2, 0.25) is 0 Å². The van der Waals surface area contributed by atoms with Gasteiger partial charge in [-0.05, 0) is 37.1 Å². The Bertz CT molecular complexity index is 348. The van der Waals surface area contributed by atoms with Crippen molar-refractivity contribution in [2.75, 3.05) is 12.3 Å². The minimum absolute atomic E-state index is 0.109. The van der Waals surface area contributed by atoms with Crippen LogP contribution in [-0.2, 0) is 0 Å². The van der Waals surface area contributed by atoms with Gasteiger partial charge in [0.15, 0.2) is 0 Å². The minimum Gasteiger partial charge on any atom is -0.398 e. The predicted molar refractivity (Wildman–Crippen MR) is 54.3 cm³/mol. The van der Waals surface area contributed by atoms with Gasteiger partial charge < -0.3 is 10.8 Å². The predicted octanol–water partition coefficient (Wildman–Crippen LogP) is 1.23. The number of nitrogen functional groups attached to an aromatic ring is 1. The fraction of sp³-hybridized carbons (Fsp3) is 0.273. The second-order valence-electron chi connectivity index (χ2n) is 2.98. The maximum absolute atomic E-state index is 8.52. The molecule has 0 spiro atoms. The van der Waals surface area contributed by atoms with Gasteiger partial charge in [0.05, 0.1) is 0 Å². The van der Waals surface area contributed by atoms with Crippen molar-refractivity contribution in [2.45, 2.75) is 13.8 Å². The van der Waals surface area contributed by atoms with Crippen LogP contribution >= 0.6 is 0 Å². The molecule has 2 heteroatoms. The van der Waals surface area contributed by atoms with Crippen LogP contribution in [0.25, 0.3) is 0 Å². The van der Waals surface area contributed by atoms with Crippen LogP contribution in [0, 0.1) is 25.7 Å². The van der Waals surface area contributed by atoms with Crippen molar-refractivity contribution in [3.05, 3.63) is 28.8 Å². The van der Waals surface area contributed by atoms with Gasteiger partial charge in [-0.25, -0.2) is 0 Å². The average Bonchev–Trinajstić information content (AvgIpc) is 2.10. The number of benzene rings is 1. The molecule has 13 heavy (non-hydrogen) atoms. The lowest BCUT2D eigenvalue weighted by molar-refractivity contribution is 0.350. The highest BCUT2D eigenvalue weighted by Gasteiger charge is 1.98. The SMILES string of the molecule is Cc1cc(C#CCO)cc(C)c1N. The Morgan fingerprint density at radius 1 is 1.31 bits per heavy atom. The third kappa shape index (κ3) is 2.24. The Morgan fingerprint density at radius 3 is 2.31 bits per heavy atom. The number of hydrogen-bond acceptors (Lipinski definition) is 2. The molecular weight excluding hydrogens is 162 g/mol. The summed E-state index contributed by atoms with van der Waals surface area (Å²) >= 11 is 0. The molecule has 0 aliphatic heterocycles. The van der Waals surface area contributed by atoms with Crippen molar-refractivity contribution in [2.24, 2.45) is 0 Å². The zero-order valence-electron chi connectivity index (χ0n) is 7.89. The van der Waals surface area contributed by atoms with Gasteiger partial charge in [-0.15, -0.1) is 0 Å². The lowest BCUT2D eigenvalue weighted by atomic mass is 10.1. The van der Waals surface area contributed by atoms with Gasteiger partial charge in [-0.3, -0.25) is 0 Å². The first-order valence-corrected chi connectivity index (χ1v) is 4.11. The van der Waals surface area contributed by atoms with Crippen LogP contribution in [0.1, 0.15) is 16.7 Å². The smallest absolute Gasteiger partial charge is 0.104 e. The van der Waals surface area contributed by atoms with Crippen molar-refractivity contribution < 1.29 is 5.11 Å². The van der Waals surface area contributed by atoms with Crippen molar-refractivity contribution in [3.63, 3.8) is 0 Å². The second-order valence-corrected chi connectivity index (χ2v) is 2.98. The van der Waals surface area contributed by atoms with Crippen molar-refractivity contribution >= 4 is 5.69 Å². The second kappa shape index (κ2) is 3.97. The largest absolute Gasteiger partial charge is 0.398 e.